The Bertz CT molecular complexity index is 937. The molecule has 1 saturated carbocycles. The zero-order chi connectivity index (χ0) is 16.6. The Kier molecular flexibility index (Phi) is 3.70. The van der Waals surface area contributed by atoms with Crippen LogP contribution in [0.25, 0.3) is 5.69 Å². The molecule has 4 rings (SSSR count). The molecule has 0 bridgehead atoms. The molecule has 0 aliphatic heterocycles. The van der Waals surface area contributed by atoms with Crippen LogP contribution in [-0.2, 0) is 10.0 Å². The number of nitrogens with one attached hydrogen (secondary N) is 1. The molecule has 122 valence electrons. The summed E-state index contributed by atoms with van der Waals surface area (Å²) in [7, 11) is -3.56. The van der Waals surface area contributed by atoms with Gasteiger partial charge in [0.15, 0.2) is 0 Å². The fourth-order valence-corrected chi connectivity index (χ4v) is 4.05. The van der Waals surface area contributed by atoms with Gasteiger partial charge in [0.25, 0.3) is 0 Å². The number of nitrogens with zero attached hydrogens (tertiary/aromatic N) is 2. The smallest absolute Gasteiger partial charge is 0.240 e. The van der Waals surface area contributed by atoms with Gasteiger partial charge in [-0.25, -0.2) is 17.8 Å². The van der Waals surface area contributed by atoms with Crippen molar-refractivity contribution in [3.8, 4) is 5.69 Å². The van der Waals surface area contributed by atoms with Crippen LogP contribution in [0.3, 0.4) is 0 Å². The van der Waals surface area contributed by atoms with Crippen LogP contribution in [-0.4, -0.2) is 24.2 Å². The lowest BCUT2D eigenvalue weighted by Gasteiger charge is -2.04. The molecule has 1 fully saturated rings. The van der Waals surface area contributed by atoms with E-state index in [4.69, 9.17) is 0 Å². The minimum absolute atomic E-state index is 0.0440. The van der Waals surface area contributed by atoms with Crippen molar-refractivity contribution in [1.82, 2.24) is 14.5 Å². The van der Waals surface area contributed by atoms with E-state index in [2.05, 4.69) is 9.82 Å². The SMILES string of the molecule is O=S(=O)(N[C@@H]1C[C@@H]1c1ccccc1)c1cnn(-c2ccccc2)c1. The summed E-state index contributed by atoms with van der Waals surface area (Å²) in [6.45, 7) is 0. The van der Waals surface area contributed by atoms with Gasteiger partial charge in [0.1, 0.15) is 4.90 Å². The van der Waals surface area contributed by atoms with E-state index in [-0.39, 0.29) is 16.9 Å². The van der Waals surface area contributed by atoms with Gasteiger partial charge in [-0.1, -0.05) is 48.5 Å². The molecule has 0 spiro atoms. The Balaban J connectivity index is 1.49. The van der Waals surface area contributed by atoms with Gasteiger partial charge in [0.2, 0.25) is 10.0 Å². The quantitative estimate of drug-likeness (QED) is 0.777. The first-order valence-corrected chi connectivity index (χ1v) is 9.29. The summed E-state index contributed by atoms with van der Waals surface area (Å²) < 4.78 is 29.4. The highest BCUT2D eigenvalue weighted by atomic mass is 32.2. The molecule has 1 aliphatic rings. The van der Waals surface area contributed by atoms with E-state index in [9.17, 15) is 8.42 Å². The van der Waals surface area contributed by atoms with E-state index in [0.29, 0.717) is 0 Å². The number of sulfonamides is 1. The average Bonchev–Trinajstić information content (AvgIpc) is 3.17. The van der Waals surface area contributed by atoms with Gasteiger partial charge in [-0.05, 0) is 24.1 Å². The molecule has 3 aromatic rings. The summed E-state index contributed by atoms with van der Waals surface area (Å²) in [5.41, 5.74) is 2.00. The molecule has 2 aromatic carbocycles. The maximum Gasteiger partial charge on any atom is 0.243 e. The van der Waals surface area contributed by atoms with Gasteiger partial charge >= 0.3 is 0 Å². The van der Waals surface area contributed by atoms with Crippen molar-refractivity contribution in [3.63, 3.8) is 0 Å². The van der Waals surface area contributed by atoms with Gasteiger partial charge in [-0.2, -0.15) is 5.10 Å². The zero-order valence-corrected chi connectivity index (χ0v) is 13.7. The van der Waals surface area contributed by atoms with Gasteiger partial charge in [0.05, 0.1) is 18.1 Å². The third-order valence-corrected chi connectivity index (χ3v) is 5.66. The first-order valence-electron chi connectivity index (χ1n) is 7.81. The molecule has 0 radical (unpaired) electrons. The molecule has 1 aromatic heterocycles. The monoisotopic (exact) mass is 339 g/mol. The first-order chi connectivity index (χ1) is 11.6. The summed E-state index contributed by atoms with van der Waals surface area (Å²) in [5.74, 6) is 0.255. The maximum absolute atomic E-state index is 12.5. The summed E-state index contributed by atoms with van der Waals surface area (Å²) in [4.78, 5) is 0.185. The molecule has 0 amide bonds. The number of para-hydroxylation sites is 1. The van der Waals surface area contributed by atoms with E-state index in [0.717, 1.165) is 12.1 Å². The average molecular weight is 339 g/mol. The Labute approximate surface area is 141 Å². The van der Waals surface area contributed by atoms with Crippen molar-refractivity contribution in [2.45, 2.75) is 23.3 Å². The molecule has 1 heterocycles. The fraction of sp³-hybridized carbons (Fsp3) is 0.167. The summed E-state index contributed by atoms with van der Waals surface area (Å²) in [5, 5.41) is 4.16. The molecule has 0 saturated heterocycles. The molecule has 24 heavy (non-hydrogen) atoms. The highest BCUT2D eigenvalue weighted by molar-refractivity contribution is 7.89. The predicted molar refractivity (Wildman–Crippen MR) is 91.5 cm³/mol. The maximum atomic E-state index is 12.5. The second kappa shape index (κ2) is 5.89. The standard InChI is InChI=1S/C18H17N3O2S/c22-24(23,20-18-11-17(18)14-7-3-1-4-8-14)16-12-19-21(13-16)15-9-5-2-6-10-15/h1-10,12-13,17-18,20H,11H2/t17-,18-/m1/s1. The highest BCUT2D eigenvalue weighted by Gasteiger charge is 2.41. The van der Waals surface area contributed by atoms with E-state index in [1.807, 2.05) is 60.7 Å². The van der Waals surface area contributed by atoms with Crippen LogP contribution in [0, 0.1) is 0 Å². The van der Waals surface area contributed by atoms with Crippen LogP contribution in [0.4, 0.5) is 0 Å². The third-order valence-electron chi connectivity index (χ3n) is 4.21. The molecule has 1 aliphatic carbocycles. The van der Waals surface area contributed by atoms with Crippen molar-refractivity contribution in [2.75, 3.05) is 0 Å². The molecule has 2 atom stereocenters. The van der Waals surface area contributed by atoms with Crippen LogP contribution >= 0.6 is 0 Å². The van der Waals surface area contributed by atoms with E-state index < -0.39 is 10.0 Å². The molecule has 5 nitrogen and oxygen atoms in total. The minimum atomic E-state index is -3.56. The Morgan fingerprint density at radius 3 is 2.38 bits per heavy atom. The second-order valence-corrected chi connectivity index (χ2v) is 7.65. The van der Waals surface area contributed by atoms with Gasteiger partial charge in [0, 0.05) is 12.0 Å². The van der Waals surface area contributed by atoms with Crippen LogP contribution < -0.4 is 4.72 Å². The van der Waals surface area contributed by atoms with Crippen LogP contribution in [0.2, 0.25) is 0 Å². The lowest BCUT2D eigenvalue weighted by atomic mass is 10.1. The summed E-state index contributed by atoms with van der Waals surface area (Å²) in [6, 6.07) is 19.4. The zero-order valence-electron chi connectivity index (χ0n) is 12.9. The summed E-state index contributed by atoms with van der Waals surface area (Å²) >= 11 is 0. The van der Waals surface area contributed by atoms with Crippen LogP contribution in [0.5, 0.6) is 0 Å². The molecular formula is C18H17N3O2S. The number of benzene rings is 2. The van der Waals surface area contributed by atoms with Crippen molar-refractivity contribution in [3.05, 3.63) is 78.6 Å². The number of aromatic nitrogens is 2. The lowest BCUT2D eigenvalue weighted by molar-refractivity contribution is 0.580. The fourth-order valence-electron chi connectivity index (χ4n) is 2.83. The minimum Gasteiger partial charge on any atom is -0.240 e. The first kappa shape index (κ1) is 15.1. The van der Waals surface area contributed by atoms with Crippen LogP contribution in [0.1, 0.15) is 17.9 Å². The van der Waals surface area contributed by atoms with Crippen molar-refractivity contribution in [1.29, 1.82) is 0 Å². The van der Waals surface area contributed by atoms with Crippen molar-refractivity contribution >= 4 is 10.0 Å². The number of hydrogen-bond acceptors (Lipinski definition) is 3. The molecule has 1 N–H and O–H groups in total. The van der Waals surface area contributed by atoms with E-state index in [1.165, 1.54) is 18.0 Å². The molecule has 0 unspecified atom stereocenters. The largest absolute Gasteiger partial charge is 0.243 e. The van der Waals surface area contributed by atoms with Crippen LogP contribution in [0.15, 0.2) is 78.0 Å². The lowest BCUT2D eigenvalue weighted by Crippen LogP contribution is -2.26. The van der Waals surface area contributed by atoms with E-state index >= 15 is 0 Å². The van der Waals surface area contributed by atoms with Gasteiger partial charge in [-0.3, -0.25) is 0 Å². The van der Waals surface area contributed by atoms with Crippen molar-refractivity contribution in [2.24, 2.45) is 0 Å². The molecular weight excluding hydrogens is 322 g/mol. The van der Waals surface area contributed by atoms with Gasteiger partial charge < -0.3 is 0 Å². The molecule has 6 heteroatoms. The van der Waals surface area contributed by atoms with Gasteiger partial charge in [-0.15, -0.1) is 0 Å². The van der Waals surface area contributed by atoms with Crippen molar-refractivity contribution < 1.29 is 8.42 Å². The Hall–Kier alpha value is -2.44. The predicted octanol–water partition coefficient (Wildman–Crippen LogP) is 2.71. The number of rotatable bonds is 5. The Morgan fingerprint density at radius 2 is 1.67 bits per heavy atom. The normalized spacial score (nSPS) is 20.0. The highest BCUT2D eigenvalue weighted by Crippen LogP contribution is 2.41. The van der Waals surface area contributed by atoms with E-state index in [1.54, 1.807) is 4.68 Å². The second-order valence-electron chi connectivity index (χ2n) is 5.94. The Morgan fingerprint density at radius 1 is 1.00 bits per heavy atom. The topological polar surface area (TPSA) is 64.0 Å². The third kappa shape index (κ3) is 2.98. The number of hydrogen-bond donors (Lipinski definition) is 1. The summed E-state index contributed by atoms with van der Waals surface area (Å²) in [6.07, 6.45) is 3.75.